The Labute approximate surface area is 107 Å². The van der Waals surface area contributed by atoms with Crippen molar-refractivity contribution in [1.82, 2.24) is 0 Å². The molecule has 0 aromatic carbocycles. The summed E-state index contributed by atoms with van der Waals surface area (Å²) in [5.74, 6) is -4.02. The smallest absolute Gasteiger partial charge is 0.151 e. The molecule has 0 saturated carbocycles. The summed E-state index contributed by atoms with van der Waals surface area (Å²) in [5, 5.41) is 22.2. The highest BCUT2D eigenvalue weighted by Gasteiger charge is 2.56. The van der Waals surface area contributed by atoms with E-state index < -0.39 is 40.4 Å². The molecule has 0 heterocycles. The van der Waals surface area contributed by atoms with Gasteiger partial charge in [0.15, 0.2) is 5.78 Å². The highest BCUT2D eigenvalue weighted by Crippen LogP contribution is 2.52. The van der Waals surface area contributed by atoms with Crippen molar-refractivity contribution in [2.24, 2.45) is 16.2 Å². The summed E-state index contributed by atoms with van der Waals surface area (Å²) in [5.41, 5.74) is -3.84. The van der Waals surface area contributed by atoms with Crippen LogP contribution >= 0.6 is 0 Å². The Balaban J connectivity index is 6.06. The van der Waals surface area contributed by atoms with Crippen molar-refractivity contribution in [2.45, 2.75) is 48.0 Å². The number of rotatable bonds is 4. The molecule has 0 unspecified atom stereocenters. The Hall–Kier alpha value is -1.39. The molecular weight excluding hydrogens is 236 g/mol. The number of carboxylic acid groups (broad SMARTS) is 2. The van der Waals surface area contributed by atoms with Crippen molar-refractivity contribution in [3.05, 3.63) is 0 Å². The SMILES string of the molecule is CC(C)(C)C(C(=O)[O-])(C(=O)CC(=O)[O-])C(C)(C)C. The molecule has 5 nitrogen and oxygen atoms in total. The summed E-state index contributed by atoms with van der Waals surface area (Å²) in [4.78, 5) is 34.3. The number of Topliss-reactive ketones (excluding diaryl/α,β-unsaturated/α-hetero) is 1. The van der Waals surface area contributed by atoms with E-state index in [4.69, 9.17) is 0 Å². The second-order valence-electron chi connectivity index (χ2n) is 6.51. The van der Waals surface area contributed by atoms with Gasteiger partial charge in [0.2, 0.25) is 0 Å². The number of aliphatic carboxylic acids is 2. The summed E-state index contributed by atoms with van der Waals surface area (Å²) in [7, 11) is 0. The van der Waals surface area contributed by atoms with Crippen molar-refractivity contribution in [2.75, 3.05) is 0 Å². The standard InChI is InChI=1S/C13H22O5/c1-11(2,3)13(10(17)18,12(4,5)6)8(14)7-9(15)16/h7H2,1-6H3,(H,15,16)(H,17,18)/p-2. The summed E-state index contributed by atoms with van der Waals surface area (Å²) >= 11 is 0. The lowest BCUT2D eigenvalue weighted by Gasteiger charge is -2.53. The van der Waals surface area contributed by atoms with Gasteiger partial charge in [-0.05, 0) is 10.8 Å². The maximum Gasteiger partial charge on any atom is 0.151 e. The number of carbonyl (C=O) groups excluding carboxylic acids is 3. The monoisotopic (exact) mass is 256 g/mol. The molecule has 0 aromatic rings. The van der Waals surface area contributed by atoms with E-state index >= 15 is 0 Å². The average Bonchev–Trinajstić information content (AvgIpc) is 1.94. The fourth-order valence-electron chi connectivity index (χ4n) is 2.95. The highest BCUT2D eigenvalue weighted by molar-refractivity contribution is 6.09. The van der Waals surface area contributed by atoms with Crippen LogP contribution in [0.25, 0.3) is 0 Å². The Morgan fingerprint density at radius 2 is 1.17 bits per heavy atom. The van der Waals surface area contributed by atoms with Gasteiger partial charge in [-0.25, -0.2) is 0 Å². The zero-order valence-electron chi connectivity index (χ0n) is 11.7. The van der Waals surface area contributed by atoms with Gasteiger partial charge in [0.25, 0.3) is 0 Å². The molecule has 0 amide bonds. The van der Waals surface area contributed by atoms with Crippen molar-refractivity contribution >= 4 is 17.7 Å². The predicted octanol–water partition coefficient (Wildman–Crippen LogP) is -0.476. The van der Waals surface area contributed by atoms with Gasteiger partial charge in [-0.3, -0.25) is 4.79 Å². The van der Waals surface area contributed by atoms with Gasteiger partial charge < -0.3 is 19.8 Å². The van der Waals surface area contributed by atoms with E-state index in [-0.39, 0.29) is 0 Å². The van der Waals surface area contributed by atoms with Gasteiger partial charge >= 0.3 is 0 Å². The molecule has 0 bridgehead atoms. The lowest BCUT2D eigenvalue weighted by Crippen LogP contribution is -2.62. The molecule has 0 aromatic heterocycles. The number of carboxylic acids is 2. The van der Waals surface area contributed by atoms with Gasteiger partial charge in [-0.2, -0.15) is 0 Å². The van der Waals surface area contributed by atoms with Gasteiger partial charge in [-0.1, -0.05) is 41.5 Å². The van der Waals surface area contributed by atoms with E-state index in [9.17, 15) is 24.6 Å². The van der Waals surface area contributed by atoms with Crippen LogP contribution in [0.1, 0.15) is 48.0 Å². The van der Waals surface area contributed by atoms with Crippen LogP contribution < -0.4 is 10.2 Å². The first kappa shape index (κ1) is 16.6. The van der Waals surface area contributed by atoms with Crippen LogP contribution in [0.15, 0.2) is 0 Å². The summed E-state index contributed by atoms with van der Waals surface area (Å²) in [6.07, 6.45) is -0.928. The van der Waals surface area contributed by atoms with Crippen LogP contribution in [-0.2, 0) is 14.4 Å². The molecule has 0 saturated heterocycles. The van der Waals surface area contributed by atoms with Crippen molar-refractivity contribution in [3.63, 3.8) is 0 Å². The van der Waals surface area contributed by atoms with E-state index in [0.29, 0.717) is 0 Å². The van der Waals surface area contributed by atoms with Crippen LogP contribution in [0.5, 0.6) is 0 Å². The third kappa shape index (κ3) is 2.54. The fourth-order valence-corrected chi connectivity index (χ4v) is 2.95. The molecule has 18 heavy (non-hydrogen) atoms. The van der Waals surface area contributed by atoms with Gasteiger partial charge in [0, 0.05) is 12.4 Å². The first-order chi connectivity index (χ1) is 7.78. The first-order valence-electron chi connectivity index (χ1n) is 5.73. The lowest BCUT2D eigenvalue weighted by molar-refractivity contribution is -0.327. The average molecular weight is 256 g/mol. The predicted molar refractivity (Wildman–Crippen MR) is 61.0 cm³/mol. The first-order valence-corrected chi connectivity index (χ1v) is 5.73. The maximum atomic E-state index is 12.2. The highest BCUT2D eigenvalue weighted by atomic mass is 16.4. The third-order valence-electron chi connectivity index (χ3n) is 3.28. The zero-order valence-corrected chi connectivity index (χ0v) is 11.7. The minimum absolute atomic E-state index is 0.887. The van der Waals surface area contributed by atoms with Crippen LogP contribution in [0, 0.1) is 16.2 Å². The summed E-state index contributed by atoms with van der Waals surface area (Å²) < 4.78 is 0. The Kier molecular flexibility index (Phi) is 4.34. The summed E-state index contributed by atoms with van der Waals surface area (Å²) in [6, 6.07) is 0. The molecule has 0 aliphatic rings. The molecule has 0 N–H and O–H groups in total. The fraction of sp³-hybridized carbons (Fsp3) is 0.769. The lowest BCUT2D eigenvalue weighted by atomic mass is 9.51. The van der Waals surface area contributed by atoms with Crippen LogP contribution in [0.2, 0.25) is 0 Å². The maximum absolute atomic E-state index is 12.2. The van der Waals surface area contributed by atoms with Crippen molar-refractivity contribution < 1.29 is 24.6 Å². The second kappa shape index (κ2) is 4.71. The molecule has 0 fully saturated rings. The summed E-state index contributed by atoms with van der Waals surface area (Å²) in [6.45, 7) is 9.51. The van der Waals surface area contributed by atoms with Gasteiger partial charge in [-0.15, -0.1) is 0 Å². The molecular formula is C13H20O5-2. The minimum Gasteiger partial charge on any atom is -0.550 e. The Morgan fingerprint density at radius 3 is 1.33 bits per heavy atom. The van der Waals surface area contributed by atoms with Crippen LogP contribution in [0.3, 0.4) is 0 Å². The van der Waals surface area contributed by atoms with E-state index in [1.54, 1.807) is 41.5 Å². The number of hydrogen-bond acceptors (Lipinski definition) is 5. The molecule has 0 atom stereocenters. The van der Waals surface area contributed by atoms with Crippen molar-refractivity contribution in [1.29, 1.82) is 0 Å². The number of hydrogen-bond donors (Lipinski definition) is 0. The quantitative estimate of drug-likeness (QED) is 0.633. The third-order valence-corrected chi connectivity index (χ3v) is 3.28. The molecule has 0 aliphatic heterocycles. The van der Waals surface area contributed by atoms with Gasteiger partial charge in [0.05, 0.1) is 11.4 Å². The largest absolute Gasteiger partial charge is 0.550 e. The molecule has 5 heteroatoms. The van der Waals surface area contributed by atoms with Crippen molar-refractivity contribution in [3.8, 4) is 0 Å². The topological polar surface area (TPSA) is 97.3 Å². The number of carbonyl (C=O) groups is 3. The Bertz CT molecular complexity index is 354. The molecule has 0 aliphatic carbocycles. The van der Waals surface area contributed by atoms with E-state index in [1.165, 1.54) is 0 Å². The zero-order chi connectivity index (χ0) is 14.9. The molecule has 0 spiro atoms. The normalized spacial score (nSPS) is 13.2. The van der Waals surface area contributed by atoms with E-state index in [1.807, 2.05) is 0 Å². The minimum atomic E-state index is -1.89. The molecule has 0 radical (unpaired) electrons. The van der Waals surface area contributed by atoms with E-state index in [0.717, 1.165) is 0 Å². The second-order valence-corrected chi connectivity index (χ2v) is 6.51. The van der Waals surface area contributed by atoms with Gasteiger partial charge in [0.1, 0.15) is 0 Å². The molecule has 0 rings (SSSR count). The Morgan fingerprint density at radius 1 is 0.833 bits per heavy atom. The van der Waals surface area contributed by atoms with Crippen LogP contribution in [0.4, 0.5) is 0 Å². The van der Waals surface area contributed by atoms with E-state index in [2.05, 4.69) is 0 Å². The molecule has 104 valence electrons. The number of ketones is 1. The van der Waals surface area contributed by atoms with Crippen LogP contribution in [-0.4, -0.2) is 17.7 Å².